The highest BCUT2D eigenvalue weighted by Crippen LogP contribution is 2.33. The van der Waals surface area contributed by atoms with Gasteiger partial charge in [0.25, 0.3) is 5.91 Å². The fourth-order valence-electron chi connectivity index (χ4n) is 5.12. The monoisotopic (exact) mass is 516 g/mol. The molecule has 1 saturated carbocycles. The van der Waals surface area contributed by atoms with Crippen LogP contribution in [0.4, 0.5) is 0 Å². The average Bonchev–Trinajstić information content (AvgIpc) is 3.68. The molecule has 206 valence electrons. The third-order valence-electron chi connectivity index (χ3n) is 7.70. The molecule has 0 N–H and O–H groups in total. The van der Waals surface area contributed by atoms with Crippen LogP contribution in [0.2, 0.25) is 0 Å². The molecule has 38 heavy (non-hydrogen) atoms. The molecule has 1 aromatic heterocycles. The summed E-state index contributed by atoms with van der Waals surface area (Å²) >= 11 is 0. The van der Waals surface area contributed by atoms with Crippen LogP contribution in [0, 0.1) is 11.8 Å². The van der Waals surface area contributed by atoms with E-state index in [-0.39, 0.29) is 5.91 Å². The molecule has 2 aromatic carbocycles. The van der Waals surface area contributed by atoms with Crippen molar-refractivity contribution in [3.8, 4) is 0 Å². The predicted molar refractivity (Wildman–Crippen MR) is 158 cm³/mol. The van der Waals surface area contributed by atoms with Crippen molar-refractivity contribution in [3.05, 3.63) is 65.5 Å². The lowest BCUT2D eigenvalue weighted by molar-refractivity contribution is 0.0729. The number of amides is 1. The normalized spacial score (nSPS) is 13.6. The summed E-state index contributed by atoms with van der Waals surface area (Å²) in [7, 11) is 0. The zero-order valence-corrected chi connectivity index (χ0v) is 24.2. The van der Waals surface area contributed by atoms with E-state index in [2.05, 4.69) is 79.6 Å². The second kappa shape index (κ2) is 13.9. The zero-order chi connectivity index (χ0) is 26.9. The van der Waals surface area contributed by atoms with Gasteiger partial charge in [-0.25, -0.2) is 4.98 Å². The SMILES string of the molecule is CCCCN(CCCC)Cc1cccc(C(=O)N(CCC(C)C)Cc2nc3ccccc3n2CC2CC2)c1. The standard InChI is InChI=1S/C33H48N4O/c1-5-7-19-35(20-8-6-2)23-28-12-11-13-29(22-28)33(38)36(21-18-26(3)4)25-32-34-30-14-9-10-15-31(30)37(32)24-27-16-17-27/h9-15,22,26-27H,5-8,16-21,23-25H2,1-4H3. The first-order valence-electron chi connectivity index (χ1n) is 15.0. The van der Waals surface area contributed by atoms with Gasteiger partial charge in [-0.3, -0.25) is 9.69 Å². The highest BCUT2D eigenvalue weighted by Gasteiger charge is 2.26. The van der Waals surface area contributed by atoms with Gasteiger partial charge in [-0.15, -0.1) is 0 Å². The van der Waals surface area contributed by atoms with Crippen LogP contribution >= 0.6 is 0 Å². The van der Waals surface area contributed by atoms with E-state index in [0.717, 1.165) is 62.0 Å². The molecule has 1 heterocycles. The first-order chi connectivity index (χ1) is 18.5. The van der Waals surface area contributed by atoms with Gasteiger partial charge in [0.2, 0.25) is 0 Å². The summed E-state index contributed by atoms with van der Waals surface area (Å²) in [6, 6.07) is 16.8. The van der Waals surface area contributed by atoms with Crippen molar-refractivity contribution in [2.24, 2.45) is 11.8 Å². The molecule has 1 aliphatic carbocycles. The fraction of sp³-hybridized carbons (Fsp3) is 0.576. The Morgan fingerprint density at radius 1 is 0.974 bits per heavy atom. The van der Waals surface area contributed by atoms with Crippen LogP contribution in [0.3, 0.4) is 0 Å². The van der Waals surface area contributed by atoms with E-state index in [1.165, 1.54) is 49.6 Å². The minimum atomic E-state index is 0.117. The van der Waals surface area contributed by atoms with Crippen LogP contribution in [0.15, 0.2) is 48.5 Å². The third kappa shape index (κ3) is 7.92. The number of imidazole rings is 1. The van der Waals surface area contributed by atoms with Crippen molar-refractivity contribution in [3.63, 3.8) is 0 Å². The maximum Gasteiger partial charge on any atom is 0.254 e. The summed E-state index contributed by atoms with van der Waals surface area (Å²) in [6.07, 6.45) is 8.41. The maximum absolute atomic E-state index is 14.0. The van der Waals surface area contributed by atoms with Crippen LogP contribution in [0.25, 0.3) is 11.0 Å². The summed E-state index contributed by atoms with van der Waals surface area (Å²) in [5.41, 5.74) is 4.24. The average molecular weight is 517 g/mol. The number of fused-ring (bicyclic) bond motifs is 1. The van der Waals surface area contributed by atoms with E-state index in [4.69, 9.17) is 4.98 Å². The Kier molecular flexibility index (Phi) is 10.4. The van der Waals surface area contributed by atoms with Crippen molar-refractivity contribution in [1.29, 1.82) is 0 Å². The lowest BCUT2D eigenvalue weighted by Crippen LogP contribution is -2.33. The van der Waals surface area contributed by atoms with Crippen LogP contribution in [0.1, 0.15) is 94.4 Å². The first kappa shape index (κ1) is 28.4. The van der Waals surface area contributed by atoms with Gasteiger partial charge >= 0.3 is 0 Å². The number of carbonyl (C=O) groups excluding carboxylic acids is 1. The minimum Gasteiger partial charge on any atom is -0.331 e. The lowest BCUT2D eigenvalue weighted by Gasteiger charge is -2.25. The maximum atomic E-state index is 14.0. The van der Waals surface area contributed by atoms with E-state index in [1.54, 1.807) is 0 Å². The summed E-state index contributed by atoms with van der Waals surface area (Å²) in [4.78, 5) is 23.6. The molecule has 0 aliphatic heterocycles. The molecule has 0 atom stereocenters. The van der Waals surface area contributed by atoms with Crippen LogP contribution in [0.5, 0.6) is 0 Å². The minimum absolute atomic E-state index is 0.117. The van der Waals surface area contributed by atoms with E-state index in [9.17, 15) is 4.79 Å². The van der Waals surface area contributed by atoms with Crippen LogP contribution in [-0.2, 0) is 19.6 Å². The number of para-hydroxylation sites is 2. The van der Waals surface area contributed by atoms with E-state index in [1.807, 2.05) is 11.0 Å². The second-order valence-electron chi connectivity index (χ2n) is 11.7. The van der Waals surface area contributed by atoms with Gasteiger partial charge in [-0.1, -0.05) is 64.8 Å². The molecule has 4 rings (SSSR count). The molecule has 0 spiro atoms. The number of aromatic nitrogens is 2. The zero-order valence-electron chi connectivity index (χ0n) is 24.2. The fourth-order valence-corrected chi connectivity index (χ4v) is 5.12. The Bertz CT molecular complexity index is 1150. The van der Waals surface area contributed by atoms with Gasteiger partial charge in [0.05, 0.1) is 17.6 Å². The molecule has 1 aliphatic rings. The van der Waals surface area contributed by atoms with Gasteiger partial charge < -0.3 is 9.47 Å². The summed E-state index contributed by atoms with van der Waals surface area (Å²) in [5, 5.41) is 0. The number of hydrogen-bond acceptors (Lipinski definition) is 3. The molecule has 0 unspecified atom stereocenters. The van der Waals surface area contributed by atoms with Crippen molar-refractivity contribution >= 4 is 16.9 Å². The Morgan fingerprint density at radius 3 is 2.39 bits per heavy atom. The predicted octanol–water partition coefficient (Wildman–Crippen LogP) is 7.54. The van der Waals surface area contributed by atoms with Crippen molar-refractivity contribution < 1.29 is 4.79 Å². The molecule has 0 radical (unpaired) electrons. The number of hydrogen-bond donors (Lipinski definition) is 0. The third-order valence-corrected chi connectivity index (χ3v) is 7.70. The van der Waals surface area contributed by atoms with E-state index in [0.29, 0.717) is 12.5 Å². The molecular weight excluding hydrogens is 468 g/mol. The molecule has 1 fully saturated rings. The smallest absolute Gasteiger partial charge is 0.254 e. The molecular formula is C33H48N4O. The number of unbranched alkanes of at least 4 members (excludes halogenated alkanes) is 2. The van der Waals surface area contributed by atoms with Crippen molar-refractivity contribution in [2.45, 2.75) is 92.3 Å². The Balaban J connectivity index is 1.56. The topological polar surface area (TPSA) is 41.4 Å². The molecule has 1 amide bonds. The molecule has 0 bridgehead atoms. The van der Waals surface area contributed by atoms with E-state index < -0.39 is 0 Å². The van der Waals surface area contributed by atoms with Gasteiger partial charge in [0.1, 0.15) is 5.82 Å². The largest absolute Gasteiger partial charge is 0.331 e. The van der Waals surface area contributed by atoms with Gasteiger partial charge in [-0.05, 0) is 86.9 Å². The van der Waals surface area contributed by atoms with E-state index >= 15 is 0 Å². The Morgan fingerprint density at radius 2 is 1.71 bits per heavy atom. The lowest BCUT2D eigenvalue weighted by atomic mass is 10.1. The summed E-state index contributed by atoms with van der Waals surface area (Å²) in [6.45, 7) is 14.4. The summed E-state index contributed by atoms with van der Waals surface area (Å²) < 4.78 is 2.37. The summed E-state index contributed by atoms with van der Waals surface area (Å²) in [5.74, 6) is 2.40. The van der Waals surface area contributed by atoms with Gasteiger partial charge in [0, 0.05) is 25.2 Å². The Hall–Kier alpha value is -2.66. The molecule has 0 saturated heterocycles. The number of benzene rings is 2. The van der Waals surface area contributed by atoms with Crippen molar-refractivity contribution in [2.75, 3.05) is 19.6 Å². The Labute approximate surface area is 230 Å². The quantitative estimate of drug-likeness (QED) is 0.197. The highest BCUT2D eigenvalue weighted by molar-refractivity contribution is 5.94. The molecule has 5 nitrogen and oxygen atoms in total. The second-order valence-corrected chi connectivity index (χ2v) is 11.7. The molecule has 5 heteroatoms. The van der Waals surface area contributed by atoms with Crippen molar-refractivity contribution in [1.82, 2.24) is 19.4 Å². The van der Waals surface area contributed by atoms with Crippen LogP contribution in [-0.4, -0.2) is 44.9 Å². The van der Waals surface area contributed by atoms with Gasteiger partial charge in [-0.2, -0.15) is 0 Å². The van der Waals surface area contributed by atoms with Gasteiger partial charge in [0.15, 0.2) is 0 Å². The number of rotatable bonds is 16. The first-order valence-corrected chi connectivity index (χ1v) is 15.0. The molecule has 3 aromatic rings. The number of carbonyl (C=O) groups is 1. The van der Waals surface area contributed by atoms with Crippen LogP contribution < -0.4 is 0 Å². The highest BCUT2D eigenvalue weighted by atomic mass is 16.2. The number of nitrogens with zero attached hydrogens (tertiary/aromatic N) is 4.